The summed E-state index contributed by atoms with van der Waals surface area (Å²) >= 11 is 6.03. The Morgan fingerprint density at radius 2 is 2.03 bits per heavy atom. The Balaban J connectivity index is 1.35. The number of carbonyl (C=O) groups excluding carboxylic acids is 1. The van der Waals surface area contributed by atoms with E-state index in [1.165, 1.54) is 18.2 Å². The molecule has 9 nitrogen and oxygen atoms in total. The van der Waals surface area contributed by atoms with Crippen molar-refractivity contribution < 1.29 is 28.2 Å². The molecule has 5 rings (SSSR count). The van der Waals surface area contributed by atoms with Crippen molar-refractivity contribution in [2.24, 2.45) is 0 Å². The van der Waals surface area contributed by atoms with Crippen LogP contribution in [-0.4, -0.2) is 38.5 Å². The summed E-state index contributed by atoms with van der Waals surface area (Å²) in [7, 11) is 0. The van der Waals surface area contributed by atoms with Crippen LogP contribution in [0.3, 0.4) is 0 Å². The molecule has 0 spiro atoms. The average molecular weight is 528 g/mol. The van der Waals surface area contributed by atoms with Crippen molar-refractivity contribution in [1.82, 2.24) is 19.9 Å². The van der Waals surface area contributed by atoms with Crippen LogP contribution in [0.1, 0.15) is 27.5 Å². The van der Waals surface area contributed by atoms with Gasteiger partial charge in [-0.3, -0.25) is 4.79 Å². The molecule has 3 heterocycles. The van der Waals surface area contributed by atoms with E-state index in [-0.39, 0.29) is 29.7 Å². The first-order valence-corrected chi connectivity index (χ1v) is 11.5. The van der Waals surface area contributed by atoms with Gasteiger partial charge in [0, 0.05) is 29.2 Å². The van der Waals surface area contributed by atoms with E-state index in [2.05, 4.69) is 30.1 Å². The number of nitrogens with one attached hydrogen (secondary N) is 2. The molecule has 1 aliphatic rings. The molecule has 0 fully saturated rings. The van der Waals surface area contributed by atoms with E-state index >= 15 is 0 Å². The molecule has 0 radical (unpaired) electrons. The van der Waals surface area contributed by atoms with Crippen molar-refractivity contribution in [3.8, 4) is 17.3 Å². The summed E-state index contributed by atoms with van der Waals surface area (Å²) in [5, 5.41) is 15.9. The highest BCUT2D eigenvalue weighted by molar-refractivity contribution is 6.30. The van der Waals surface area contributed by atoms with Crippen LogP contribution in [-0.2, 0) is 0 Å². The van der Waals surface area contributed by atoms with Crippen LogP contribution in [0.2, 0.25) is 5.02 Å². The number of fused-ring (bicyclic) bond motifs is 1. The predicted octanol–water partition coefficient (Wildman–Crippen LogP) is 4.76. The van der Waals surface area contributed by atoms with Gasteiger partial charge in [0.15, 0.2) is 11.5 Å². The molecule has 1 amide bonds. The largest absolute Gasteiger partial charge is 0.586 e. The Labute approximate surface area is 214 Å². The first-order valence-electron chi connectivity index (χ1n) is 11.1. The second-order valence-electron chi connectivity index (χ2n) is 8.20. The minimum atomic E-state index is -3.76. The lowest BCUT2D eigenvalue weighted by atomic mass is 10.1. The number of amides is 1. The molecule has 2 aromatic heterocycles. The SMILES string of the molecule is Cc1cnc(Nc2cccc3c2OC(F)(F)O3)nc1-n1ccc(C(=O)NC(CO)c2cccc(Cl)c2)c1. The maximum Gasteiger partial charge on any atom is 0.586 e. The summed E-state index contributed by atoms with van der Waals surface area (Å²) in [6.45, 7) is 1.48. The number of halogens is 3. The standard InChI is InChI=1S/C25H20ClF2N5O4/c1-14-11-29-24(31-18-6-3-7-20-21(18)37-25(27,28)36-20)32-22(14)33-9-8-16(12-33)23(35)30-19(13-34)15-4-2-5-17(26)10-15/h2-12,19,34H,13H2,1H3,(H,30,35)(H,29,31,32). The summed E-state index contributed by atoms with van der Waals surface area (Å²) in [4.78, 5) is 21.6. The number of ether oxygens (including phenoxy) is 2. The zero-order chi connectivity index (χ0) is 26.2. The molecular weight excluding hydrogens is 508 g/mol. The second kappa shape index (κ2) is 9.68. The number of aromatic nitrogens is 3. The summed E-state index contributed by atoms with van der Waals surface area (Å²) in [6.07, 6.45) is 1.03. The van der Waals surface area contributed by atoms with Crippen LogP contribution in [0, 0.1) is 6.92 Å². The van der Waals surface area contributed by atoms with Crippen molar-refractivity contribution in [1.29, 1.82) is 0 Å². The smallest absolute Gasteiger partial charge is 0.395 e. The van der Waals surface area contributed by atoms with Gasteiger partial charge in [0.25, 0.3) is 5.91 Å². The minimum absolute atomic E-state index is 0.109. The predicted molar refractivity (Wildman–Crippen MR) is 131 cm³/mol. The maximum atomic E-state index is 13.5. The molecule has 0 saturated heterocycles. The lowest BCUT2D eigenvalue weighted by Crippen LogP contribution is -2.30. The van der Waals surface area contributed by atoms with Gasteiger partial charge in [-0.05, 0) is 42.8 Å². The molecule has 190 valence electrons. The van der Waals surface area contributed by atoms with Gasteiger partial charge in [-0.15, -0.1) is 8.78 Å². The third-order valence-corrected chi connectivity index (χ3v) is 5.79. The van der Waals surface area contributed by atoms with Gasteiger partial charge in [0.05, 0.1) is 23.9 Å². The summed E-state index contributed by atoms with van der Waals surface area (Å²) in [6, 6.07) is 12.3. The fraction of sp³-hybridized carbons (Fsp3) is 0.160. The van der Waals surface area contributed by atoms with Gasteiger partial charge >= 0.3 is 6.29 Å². The number of aryl methyl sites for hydroxylation is 1. The number of aliphatic hydroxyl groups excluding tert-OH is 1. The Bertz CT molecular complexity index is 1480. The molecule has 4 aromatic rings. The third kappa shape index (κ3) is 5.18. The van der Waals surface area contributed by atoms with Crippen molar-refractivity contribution in [3.63, 3.8) is 0 Å². The Hall–Kier alpha value is -4.22. The molecule has 0 bridgehead atoms. The van der Waals surface area contributed by atoms with E-state index in [9.17, 15) is 18.7 Å². The number of anilines is 2. The third-order valence-electron chi connectivity index (χ3n) is 5.56. The lowest BCUT2D eigenvalue weighted by molar-refractivity contribution is -0.286. The molecule has 37 heavy (non-hydrogen) atoms. The monoisotopic (exact) mass is 527 g/mol. The molecule has 2 aromatic carbocycles. The lowest BCUT2D eigenvalue weighted by Gasteiger charge is -2.16. The van der Waals surface area contributed by atoms with Crippen LogP contribution < -0.4 is 20.1 Å². The first-order chi connectivity index (χ1) is 17.7. The Morgan fingerprint density at radius 3 is 2.81 bits per heavy atom. The molecule has 1 unspecified atom stereocenters. The quantitative estimate of drug-likeness (QED) is 0.318. The van der Waals surface area contributed by atoms with Crippen molar-refractivity contribution in [2.45, 2.75) is 19.3 Å². The fourth-order valence-electron chi connectivity index (χ4n) is 3.80. The second-order valence-corrected chi connectivity index (χ2v) is 8.63. The number of benzene rings is 2. The van der Waals surface area contributed by atoms with Crippen LogP contribution in [0.5, 0.6) is 11.5 Å². The average Bonchev–Trinajstić information content (AvgIpc) is 3.47. The van der Waals surface area contributed by atoms with Crippen LogP contribution in [0.15, 0.2) is 67.1 Å². The fourth-order valence-corrected chi connectivity index (χ4v) is 4.00. The zero-order valence-corrected chi connectivity index (χ0v) is 20.0. The van der Waals surface area contributed by atoms with Gasteiger partial charge in [-0.2, -0.15) is 4.98 Å². The summed E-state index contributed by atoms with van der Waals surface area (Å²) < 4.78 is 37.7. The number of hydrogen-bond donors (Lipinski definition) is 3. The van der Waals surface area contributed by atoms with E-state index in [1.54, 1.807) is 60.4 Å². The summed E-state index contributed by atoms with van der Waals surface area (Å²) in [5.41, 5.74) is 1.91. The summed E-state index contributed by atoms with van der Waals surface area (Å²) in [5.74, 6) is -0.0894. The molecular formula is C25H20ClF2N5O4. The van der Waals surface area contributed by atoms with E-state index in [1.807, 2.05) is 0 Å². The van der Waals surface area contributed by atoms with E-state index < -0.39 is 18.2 Å². The topological polar surface area (TPSA) is 111 Å². The first kappa shape index (κ1) is 24.5. The number of aliphatic hydroxyl groups is 1. The number of para-hydroxylation sites is 1. The normalized spacial score (nSPS) is 14.3. The van der Waals surface area contributed by atoms with Gasteiger partial charge in [-0.1, -0.05) is 29.8 Å². The van der Waals surface area contributed by atoms with Gasteiger partial charge in [-0.25, -0.2) is 4.98 Å². The number of rotatable bonds is 7. The maximum absolute atomic E-state index is 13.5. The van der Waals surface area contributed by atoms with E-state index in [4.69, 9.17) is 11.6 Å². The van der Waals surface area contributed by atoms with Crippen LogP contribution >= 0.6 is 11.6 Å². The van der Waals surface area contributed by atoms with Gasteiger partial charge in [0.2, 0.25) is 5.95 Å². The molecule has 0 saturated carbocycles. The minimum Gasteiger partial charge on any atom is -0.395 e. The number of nitrogens with zero attached hydrogens (tertiary/aromatic N) is 3. The molecule has 0 aliphatic carbocycles. The van der Waals surface area contributed by atoms with Gasteiger partial charge < -0.3 is 29.8 Å². The highest BCUT2D eigenvalue weighted by Gasteiger charge is 2.44. The Morgan fingerprint density at radius 1 is 1.22 bits per heavy atom. The van der Waals surface area contributed by atoms with E-state index in [0.717, 1.165) is 0 Å². The number of hydrogen-bond acceptors (Lipinski definition) is 7. The number of alkyl halides is 2. The molecule has 1 atom stereocenters. The molecule has 12 heteroatoms. The highest BCUT2D eigenvalue weighted by atomic mass is 35.5. The zero-order valence-electron chi connectivity index (χ0n) is 19.3. The number of carbonyl (C=O) groups is 1. The van der Waals surface area contributed by atoms with Crippen LogP contribution in [0.4, 0.5) is 20.4 Å². The van der Waals surface area contributed by atoms with E-state index in [0.29, 0.717) is 27.5 Å². The molecule has 1 aliphatic heterocycles. The van der Waals surface area contributed by atoms with Crippen molar-refractivity contribution in [3.05, 3.63) is 88.8 Å². The Kier molecular flexibility index (Phi) is 6.40. The highest BCUT2D eigenvalue weighted by Crippen LogP contribution is 2.46. The van der Waals surface area contributed by atoms with Crippen molar-refractivity contribution >= 4 is 29.1 Å². The van der Waals surface area contributed by atoms with Crippen molar-refractivity contribution in [2.75, 3.05) is 11.9 Å². The van der Waals surface area contributed by atoms with Crippen LogP contribution in [0.25, 0.3) is 5.82 Å². The van der Waals surface area contributed by atoms with Gasteiger partial charge in [0.1, 0.15) is 5.82 Å². The molecule has 3 N–H and O–H groups in total.